The van der Waals surface area contributed by atoms with Gasteiger partial charge >= 0.3 is 0 Å². The van der Waals surface area contributed by atoms with E-state index in [9.17, 15) is 12.8 Å². The van der Waals surface area contributed by atoms with Gasteiger partial charge in [-0.25, -0.2) is 12.8 Å². The Bertz CT molecular complexity index is 1610. The number of fused-ring (bicyclic) bond motifs is 3. The summed E-state index contributed by atoms with van der Waals surface area (Å²) in [5.74, 6) is 0.0877. The summed E-state index contributed by atoms with van der Waals surface area (Å²) in [6, 6.07) is 22.8. The fraction of sp³-hybridized carbons (Fsp3) is 0.115. The van der Waals surface area contributed by atoms with Crippen molar-refractivity contribution in [3.63, 3.8) is 0 Å². The van der Waals surface area contributed by atoms with E-state index in [0.29, 0.717) is 22.9 Å². The predicted molar refractivity (Wildman–Crippen MR) is 127 cm³/mol. The molecular formula is C26H20FN3O3S. The largest absolute Gasteiger partial charge is 0.435 e. The average Bonchev–Trinajstić information content (AvgIpc) is 3.47. The standard InChI is InChI=1S/C26H20FN3O3S/c27-19-11-12-22-20(15-19)21-16-30(14-13-23(21)28-22)34(31,32)26-24(17-7-3-1-4-8-17)33-25(29-26)18-9-5-2-6-10-18/h1-12,15,28H,13-14,16H2. The zero-order valence-corrected chi connectivity index (χ0v) is 18.8. The topological polar surface area (TPSA) is 79.2 Å². The number of benzene rings is 3. The third-order valence-electron chi connectivity index (χ3n) is 6.14. The zero-order valence-electron chi connectivity index (χ0n) is 18.0. The summed E-state index contributed by atoms with van der Waals surface area (Å²) < 4.78 is 49.1. The van der Waals surface area contributed by atoms with Gasteiger partial charge in [-0.15, -0.1) is 0 Å². The quantitative estimate of drug-likeness (QED) is 0.380. The van der Waals surface area contributed by atoms with Crippen molar-refractivity contribution in [3.8, 4) is 22.8 Å². The van der Waals surface area contributed by atoms with Crippen molar-refractivity contribution >= 4 is 20.9 Å². The van der Waals surface area contributed by atoms with E-state index in [0.717, 1.165) is 16.8 Å². The van der Waals surface area contributed by atoms with Gasteiger partial charge in [0.25, 0.3) is 10.0 Å². The molecule has 0 radical (unpaired) electrons. The molecule has 2 aromatic heterocycles. The number of hydrogen-bond donors (Lipinski definition) is 1. The molecule has 0 saturated carbocycles. The number of rotatable bonds is 4. The minimum atomic E-state index is -4.01. The summed E-state index contributed by atoms with van der Waals surface area (Å²) in [4.78, 5) is 7.76. The molecule has 0 spiro atoms. The van der Waals surface area contributed by atoms with Crippen LogP contribution in [-0.2, 0) is 23.0 Å². The zero-order chi connectivity index (χ0) is 23.3. The maximum Gasteiger partial charge on any atom is 0.264 e. The van der Waals surface area contributed by atoms with E-state index in [4.69, 9.17) is 4.42 Å². The lowest BCUT2D eigenvalue weighted by Crippen LogP contribution is -2.36. The molecule has 1 aliphatic rings. The first-order valence-corrected chi connectivity index (χ1v) is 12.4. The molecule has 0 atom stereocenters. The van der Waals surface area contributed by atoms with Crippen LogP contribution in [0.25, 0.3) is 33.7 Å². The minimum absolute atomic E-state index is 0.118. The van der Waals surface area contributed by atoms with E-state index in [2.05, 4.69) is 9.97 Å². The smallest absolute Gasteiger partial charge is 0.264 e. The first-order chi connectivity index (χ1) is 16.5. The maximum atomic E-state index is 13.9. The highest BCUT2D eigenvalue weighted by atomic mass is 32.2. The monoisotopic (exact) mass is 473 g/mol. The van der Waals surface area contributed by atoms with Crippen LogP contribution >= 0.6 is 0 Å². The van der Waals surface area contributed by atoms with Gasteiger partial charge < -0.3 is 9.40 Å². The molecule has 5 aromatic rings. The van der Waals surface area contributed by atoms with Crippen LogP contribution in [-0.4, -0.2) is 29.2 Å². The Kier molecular flexibility index (Phi) is 4.86. The molecule has 0 aliphatic carbocycles. The highest BCUT2D eigenvalue weighted by Gasteiger charge is 2.36. The van der Waals surface area contributed by atoms with Gasteiger partial charge in [-0.3, -0.25) is 0 Å². The summed E-state index contributed by atoms with van der Waals surface area (Å²) in [5, 5.41) is 0.579. The van der Waals surface area contributed by atoms with Crippen molar-refractivity contribution in [2.75, 3.05) is 6.54 Å². The molecule has 0 amide bonds. The van der Waals surface area contributed by atoms with Gasteiger partial charge in [0.05, 0.1) is 0 Å². The Morgan fingerprint density at radius 3 is 2.38 bits per heavy atom. The third kappa shape index (κ3) is 3.43. The number of aromatic nitrogens is 2. The molecule has 170 valence electrons. The minimum Gasteiger partial charge on any atom is -0.435 e. The fourth-order valence-corrected chi connectivity index (χ4v) is 5.91. The Balaban J connectivity index is 1.46. The summed E-state index contributed by atoms with van der Waals surface area (Å²) in [7, 11) is -4.01. The van der Waals surface area contributed by atoms with Crippen molar-refractivity contribution in [2.24, 2.45) is 0 Å². The van der Waals surface area contributed by atoms with Gasteiger partial charge in [-0.05, 0) is 35.9 Å². The molecule has 0 bridgehead atoms. The second-order valence-corrected chi connectivity index (χ2v) is 10.1. The lowest BCUT2D eigenvalue weighted by atomic mass is 10.1. The van der Waals surface area contributed by atoms with Crippen molar-refractivity contribution in [1.29, 1.82) is 0 Å². The van der Waals surface area contributed by atoms with Crippen molar-refractivity contribution < 1.29 is 17.2 Å². The van der Waals surface area contributed by atoms with Crippen LogP contribution in [0.5, 0.6) is 0 Å². The molecule has 0 saturated heterocycles. The molecule has 8 heteroatoms. The number of hydrogen-bond acceptors (Lipinski definition) is 4. The van der Waals surface area contributed by atoms with Crippen LogP contribution in [0.3, 0.4) is 0 Å². The Morgan fingerprint density at radius 2 is 1.65 bits per heavy atom. The van der Waals surface area contributed by atoms with Crippen LogP contribution in [0.2, 0.25) is 0 Å². The number of nitrogens with zero attached hydrogens (tertiary/aromatic N) is 2. The Labute approximate surface area is 195 Å². The second kappa shape index (κ2) is 7.93. The van der Waals surface area contributed by atoms with E-state index in [1.807, 2.05) is 48.5 Å². The lowest BCUT2D eigenvalue weighted by molar-refractivity contribution is 0.389. The highest BCUT2D eigenvalue weighted by molar-refractivity contribution is 7.89. The molecule has 34 heavy (non-hydrogen) atoms. The van der Waals surface area contributed by atoms with Crippen molar-refractivity contribution in [2.45, 2.75) is 18.0 Å². The molecule has 6 nitrogen and oxygen atoms in total. The number of oxazole rings is 1. The third-order valence-corrected chi connectivity index (χ3v) is 7.90. The first-order valence-electron chi connectivity index (χ1n) is 10.9. The summed E-state index contributed by atoms with van der Waals surface area (Å²) in [6.45, 7) is 0.412. The fourth-order valence-electron chi connectivity index (χ4n) is 4.45. The number of nitrogens with one attached hydrogen (secondary N) is 1. The summed E-state index contributed by atoms with van der Waals surface area (Å²) in [5.41, 5.74) is 3.83. The summed E-state index contributed by atoms with van der Waals surface area (Å²) in [6.07, 6.45) is 0.495. The normalized spacial score (nSPS) is 14.4. The van der Waals surface area contributed by atoms with E-state index >= 15 is 0 Å². The van der Waals surface area contributed by atoms with Crippen LogP contribution in [0.4, 0.5) is 4.39 Å². The van der Waals surface area contributed by atoms with E-state index in [1.54, 1.807) is 18.2 Å². The maximum absolute atomic E-state index is 13.9. The lowest BCUT2D eigenvalue weighted by Gasteiger charge is -2.25. The molecule has 3 aromatic carbocycles. The van der Waals surface area contributed by atoms with E-state index in [-0.39, 0.29) is 35.6 Å². The van der Waals surface area contributed by atoms with Gasteiger partial charge in [0, 0.05) is 47.2 Å². The van der Waals surface area contributed by atoms with Crippen molar-refractivity contribution in [3.05, 3.63) is 95.9 Å². The van der Waals surface area contributed by atoms with Crippen LogP contribution in [0.15, 0.2) is 88.3 Å². The number of sulfonamides is 1. The Morgan fingerprint density at radius 1 is 0.941 bits per heavy atom. The molecule has 3 heterocycles. The highest BCUT2D eigenvalue weighted by Crippen LogP contribution is 2.36. The molecule has 0 unspecified atom stereocenters. The van der Waals surface area contributed by atoms with Gasteiger partial charge in [0.1, 0.15) is 5.82 Å². The Hall–Kier alpha value is -3.75. The molecule has 1 aliphatic heterocycles. The van der Waals surface area contributed by atoms with E-state index in [1.165, 1.54) is 16.4 Å². The van der Waals surface area contributed by atoms with Gasteiger partial charge in [0.2, 0.25) is 10.9 Å². The van der Waals surface area contributed by atoms with Crippen LogP contribution in [0.1, 0.15) is 11.3 Å². The first kappa shape index (κ1) is 20.8. The SMILES string of the molecule is O=S(=O)(c1nc(-c2ccccc2)oc1-c1ccccc1)N1CCc2[nH]c3ccc(F)cc3c2C1. The predicted octanol–water partition coefficient (Wildman–Crippen LogP) is 5.38. The molecular weight excluding hydrogens is 453 g/mol. The number of halogens is 1. The average molecular weight is 474 g/mol. The van der Waals surface area contributed by atoms with Gasteiger partial charge in [-0.2, -0.15) is 9.29 Å². The van der Waals surface area contributed by atoms with Crippen molar-refractivity contribution in [1.82, 2.24) is 14.3 Å². The van der Waals surface area contributed by atoms with E-state index < -0.39 is 10.0 Å². The summed E-state index contributed by atoms with van der Waals surface area (Å²) >= 11 is 0. The van der Waals surface area contributed by atoms with Crippen LogP contribution in [0, 0.1) is 5.82 Å². The molecule has 1 N–H and O–H groups in total. The second-order valence-electron chi connectivity index (χ2n) is 8.25. The number of H-pyrrole nitrogens is 1. The van der Waals surface area contributed by atoms with Gasteiger partial charge in [0.15, 0.2) is 5.76 Å². The number of aromatic amines is 1. The van der Waals surface area contributed by atoms with Gasteiger partial charge in [-0.1, -0.05) is 48.5 Å². The molecule has 6 rings (SSSR count). The van der Waals surface area contributed by atoms with Crippen LogP contribution < -0.4 is 0 Å². The molecule has 0 fully saturated rings.